The first-order valence-corrected chi connectivity index (χ1v) is 8.11. The topological polar surface area (TPSA) is 58.6 Å². The molecule has 2 rings (SSSR count). The maximum atomic E-state index is 12.6. The summed E-state index contributed by atoms with van der Waals surface area (Å²) in [6.45, 7) is 7.56. The average molecular weight is 310 g/mol. The largest absolute Gasteiger partial charge is 0.375 e. The molecule has 0 radical (unpaired) electrons. The summed E-state index contributed by atoms with van der Waals surface area (Å²) < 4.78 is 5.46. The summed E-state index contributed by atoms with van der Waals surface area (Å²) in [4.78, 5) is 27.2. The summed E-state index contributed by atoms with van der Waals surface area (Å²) in [5.41, 5.74) is 0. The van der Waals surface area contributed by atoms with Gasteiger partial charge in [0.2, 0.25) is 5.91 Å². The lowest BCUT2D eigenvalue weighted by atomic mass is 10.0. The quantitative estimate of drug-likeness (QED) is 0.922. The maximum Gasteiger partial charge on any atom is 0.262 e. The Morgan fingerprint density at radius 2 is 2.24 bits per heavy atom. The highest BCUT2D eigenvalue weighted by Crippen LogP contribution is 2.13. The Hall–Kier alpha value is -1.40. The van der Waals surface area contributed by atoms with E-state index in [1.807, 2.05) is 32.2 Å². The number of carbonyl (C=O) groups is 2. The van der Waals surface area contributed by atoms with E-state index < -0.39 is 6.04 Å². The van der Waals surface area contributed by atoms with Crippen LogP contribution in [0, 0.1) is 5.92 Å². The number of morpholine rings is 1. The van der Waals surface area contributed by atoms with Gasteiger partial charge in [0.1, 0.15) is 6.04 Å². The van der Waals surface area contributed by atoms with E-state index >= 15 is 0 Å². The Morgan fingerprint density at radius 3 is 2.81 bits per heavy atom. The lowest BCUT2D eigenvalue weighted by Gasteiger charge is -2.34. The van der Waals surface area contributed by atoms with Crippen molar-refractivity contribution in [2.45, 2.75) is 32.9 Å². The molecule has 2 amide bonds. The summed E-state index contributed by atoms with van der Waals surface area (Å²) in [6, 6.07) is 3.10. The van der Waals surface area contributed by atoms with Crippen molar-refractivity contribution in [2.75, 3.05) is 19.7 Å². The summed E-state index contributed by atoms with van der Waals surface area (Å²) in [5, 5.41) is 4.72. The van der Waals surface area contributed by atoms with Gasteiger partial charge >= 0.3 is 0 Å². The number of amides is 2. The van der Waals surface area contributed by atoms with Crippen molar-refractivity contribution in [2.24, 2.45) is 5.92 Å². The van der Waals surface area contributed by atoms with E-state index in [2.05, 4.69) is 5.32 Å². The van der Waals surface area contributed by atoms with Crippen LogP contribution >= 0.6 is 11.3 Å². The molecule has 116 valence electrons. The third kappa shape index (κ3) is 4.04. The molecule has 0 spiro atoms. The van der Waals surface area contributed by atoms with Crippen LogP contribution in [-0.2, 0) is 9.53 Å². The van der Waals surface area contributed by atoms with Crippen LogP contribution in [0.15, 0.2) is 17.5 Å². The van der Waals surface area contributed by atoms with Crippen molar-refractivity contribution in [1.29, 1.82) is 0 Å². The van der Waals surface area contributed by atoms with Crippen molar-refractivity contribution in [3.8, 4) is 0 Å². The van der Waals surface area contributed by atoms with Crippen LogP contribution in [0.2, 0.25) is 0 Å². The zero-order valence-corrected chi connectivity index (χ0v) is 13.5. The van der Waals surface area contributed by atoms with Crippen LogP contribution in [0.3, 0.4) is 0 Å². The molecule has 6 heteroatoms. The number of rotatable bonds is 4. The minimum atomic E-state index is -0.495. The van der Waals surface area contributed by atoms with Gasteiger partial charge in [-0.2, -0.15) is 0 Å². The van der Waals surface area contributed by atoms with Crippen LogP contribution in [-0.4, -0.2) is 48.6 Å². The third-order valence-corrected chi connectivity index (χ3v) is 4.39. The van der Waals surface area contributed by atoms with Gasteiger partial charge in [-0.05, 0) is 24.3 Å². The predicted molar refractivity (Wildman–Crippen MR) is 82.4 cm³/mol. The van der Waals surface area contributed by atoms with Crippen molar-refractivity contribution in [1.82, 2.24) is 10.2 Å². The second kappa shape index (κ2) is 7.04. The van der Waals surface area contributed by atoms with Crippen LogP contribution in [0.25, 0.3) is 0 Å². The monoisotopic (exact) mass is 310 g/mol. The molecule has 1 aliphatic heterocycles. The molecule has 1 N–H and O–H groups in total. The van der Waals surface area contributed by atoms with Crippen LogP contribution in [0.5, 0.6) is 0 Å². The number of hydrogen-bond acceptors (Lipinski definition) is 4. The highest BCUT2D eigenvalue weighted by molar-refractivity contribution is 7.12. The number of hydrogen-bond donors (Lipinski definition) is 1. The molecule has 1 saturated heterocycles. The fourth-order valence-electron chi connectivity index (χ4n) is 2.35. The Labute approximate surface area is 129 Å². The Balaban J connectivity index is 2.04. The van der Waals surface area contributed by atoms with Crippen LogP contribution in [0.4, 0.5) is 0 Å². The number of carbonyl (C=O) groups excluding carboxylic acids is 2. The number of nitrogens with zero attached hydrogens (tertiary/aromatic N) is 1. The molecule has 21 heavy (non-hydrogen) atoms. The fourth-order valence-corrected chi connectivity index (χ4v) is 2.98. The summed E-state index contributed by atoms with van der Waals surface area (Å²) >= 11 is 1.38. The van der Waals surface area contributed by atoms with Gasteiger partial charge < -0.3 is 15.0 Å². The van der Waals surface area contributed by atoms with E-state index in [9.17, 15) is 9.59 Å². The smallest absolute Gasteiger partial charge is 0.262 e. The van der Waals surface area contributed by atoms with Gasteiger partial charge in [-0.3, -0.25) is 9.59 Å². The van der Waals surface area contributed by atoms with Gasteiger partial charge in [-0.15, -0.1) is 11.3 Å². The van der Waals surface area contributed by atoms with Crippen LogP contribution in [0.1, 0.15) is 30.4 Å². The first-order chi connectivity index (χ1) is 9.99. The van der Waals surface area contributed by atoms with Gasteiger partial charge in [0.15, 0.2) is 0 Å². The SMILES string of the molecule is CC1CN(C(=O)C(NC(=O)c2cccs2)C(C)C)CCO1. The van der Waals surface area contributed by atoms with Crippen molar-refractivity contribution >= 4 is 23.2 Å². The number of ether oxygens (including phenoxy) is 1. The van der Waals surface area contributed by atoms with E-state index in [1.165, 1.54) is 11.3 Å². The zero-order valence-electron chi connectivity index (χ0n) is 12.7. The van der Waals surface area contributed by atoms with Crippen LogP contribution < -0.4 is 5.32 Å². The minimum absolute atomic E-state index is 0.0231. The van der Waals surface area contributed by atoms with E-state index in [-0.39, 0.29) is 23.8 Å². The summed E-state index contributed by atoms with van der Waals surface area (Å²) in [5.74, 6) is -0.164. The van der Waals surface area contributed by atoms with E-state index in [0.29, 0.717) is 24.6 Å². The molecule has 0 saturated carbocycles. The van der Waals surface area contributed by atoms with Gasteiger partial charge in [0, 0.05) is 13.1 Å². The van der Waals surface area contributed by atoms with Crippen molar-refractivity contribution in [3.05, 3.63) is 22.4 Å². The standard InChI is InChI=1S/C15H22N2O3S/c1-10(2)13(16-14(18)12-5-4-8-21-12)15(19)17-6-7-20-11(3)9-17/h4-5,8,10-11,13H,6-7,9H2,1-3H3,(H,16,18). The first kappa shape index (κ1) is 16.0. The van der Waals surface area contributed by atoms with Gasteiger partial charge in [-0.25, -0.2) is 0 Å². The summed E-state index contributed by atoms with van der Waals surface area (Å²) in [7, 11) is 0. The van der Waals surface area contributed by atoms with E-state index in [0.717, 1.165) is 0 Å². The molecule has 1 aromatic rings. The molecule has 1 fully saturated rings. The van der Waals surface area contributed by atoms with Crippen molar-refractivity contribution in [3.63, 3.8) is 0 Å². The average Bonchev–Trinajstić information content (AvgIpc) is 2.97. The predicted octanol–water partition coefficient (Wildman–Crippen LogP) is 1.75. The molecular formula is C15H22N2O3S. The first-order valence-electron chi connectivity index (χ1n) is 7.23. The molecular weight excluding hydrogens is 288 g/mol. The normalized spacial score (nSPS) is 20.4. The second-order valence-corrected chi connectivity index (χ2v) is 6.59. The lowest BCUT2D eigenvalue weighted by molar-refractivity contribution is -0.141. The zero-order chi connectivity index (χ0) is 15.4. The highest BCUT2D eigenvalue weighted by atomic mass is 32.1. The number of nitrogens with one attached hydrogen (secondary N) is 1. The molecule has 2 unspecified atom stereocenters. The second-order valence-electron chi connectivity index (χ2n) is 5.64. The summed E-state index contributed by atoms with van der Waals surface area (Å²) in [6.07, 6.45) is 0.0449. The molecule has 2 atom stereocenters. The molecule has 5 nitrogen and oxygen atoms in total. The minimum Gasteiger partial charge on any atom is -0.375 e. The molecule has 1 aliphatic rings. The third-order valence-electron chi connectivity index (χ3n) is 3.52. The van der Waals surface area contributed by atoms with Crippen molar-refractivity contribution < 1.29 is 14.3 Å². The maximum absolute atomic E-state index is 12.6. The highest BCUT2D eigenvalue weighted by Gasteiger charge is 2.31. The molecule has 1 aromatic heterocycles. The molecule has 2 heterocycles. The Morgan fingerprint density at radius 1 is 1.48 bits per heavy atom. The fraction of sp³-hybridized carbons (Fsp3) is 0.600. The number of thiophene rings is 1. The van der Waals surface area contributed by atoms with Gasteiger partial charge in [0.05, 0.1) is 17.6 Å². The lowest BCUT2D eigenvalue weighted by Crippen LogP contribution is -2.55. The Bertz CT molecular complexity index is 487. The Kier molecular flexibility index (Phi) is 5.36. The molecule has 0 aromatic carbocycles. The van der Waals surface area contributed by atoms with E-state index in [4.69, 9.17) is 4.74 Å². The van der Waals surface area contributed by atoms with Gasteiger partial charge in [0.25, 0.3) is 5.91 Å². The van der Waals surface area contributed by atoms with Gasteiger partial charge in [-0.1, -0.05) is 19.9 Å². The molecule has 0 bridgehead atoms. The molecule has 0 aliphatic carbocycles. The van der Waals surface area contributed by atoms with E-state index in [1.54, 1.807) is 11.0 Å².